The summed E-state index contributed by atoms with van der Waals surface area (Å²) in [5.41, 5.74) is 0.803. The second kappa shape index (κ2) is 5.34. The van der Waals surface area contributed by atoms with Gasteiger partial charge in [0.05, 0.1) is 6.10 Å². The van der Waals surface area contributed by atoms with Gasteiger partial charge >= 0.3 is 5.97 Å². The van der Waals surface area contributed by atoms with Gasteiger partial charge in [0.2, 0.25) is 0 Å². The van der Waals surface area contributed by atoms with E-state index in [-0.39, 0.29) is 12.2 Å². The van der Waals surface area contributed by atoms with Crippen molar-refractivity contribution >= 4 is 21.9 Å². The third-order valence-corrected chi connectivity index (χ3v) is 3.79. The zero-order chi connectivity index (χ0) is 13.3. The first-order valence-corrected chi connectivity index (χ1v) is 6.35. The highest BCUT2D eigenvalue weighted by atomic mass is 79.9. The van der Waals surface area contributed by atoms with Gasteiger partial charge in [0.1, 0.15) is 11.9 Å². The second-order valence-electron chi connectivity index (χ2n) is 4.41. The number of carboxylic acid groups (broad SMARTS) is 1. The summed E-state index contributed by atoms with van der Waals surface area (Å²) in [6.07, 6.45) is -0.390. The maximum atomic E-state index is 13.0. The molecule has 98 valence electrons. The van der Waals surface area contributed by atoms with Crippen LogP contribution in [0.2, 0.25) is 0 Å². The molecule has 0 aliphatic carbocycles. The average molecular weight is 318 g/mol. The Hall–Kier alpha value is -0.980. The lowest BCUT2D eigenvalue weighted by molar-refractivity contribution is -0.142. The maximum absolute atomic E-state index is 13.0. The van der Waals surface area contributed by atoms with Crippen LogP contribution in [0.4, 0.5) is 4.39 Å². The summed E-state index contributed by atoms with van der Waals surface area (Å²) >= 11 is 3.25. The fraction of sp³-hybridized carbons (Fsp3) is 0.417. The van der Waals surface area contributed by atoms with Crippen LogP contribution in [0.3, 0.4) is 0 Å². The molecule has 0 bridgehead atoms. The first-order valence-electron chi connectivity index (χ1n) is 5.56. The molecule has 2 atom stereocenters. The van der Waals surface area contributed by atoms with Crippen molar-refractivity contribution in [3.63, 3.8) is 0 Å². The Labute approximate surface area is 112 Å². The Morgan fingerprint density at radius 1 is 1.56 bits per heavy atom. The van der Waals surface area contributed by atoms with Crippen molar-refractivity contribution < 1.29 is 19.4 Å². The number of aliphatic hydroxyl groups excluding tert-OH is 1. The lowest BCUT2D eigenvalue weighted by Crippen LogP contribution is -2.35. The first-order chi connectivity index (χ1) is 8.47. The summed E-state index contributed by atoms with van der Waals surface area (Å²) in [6, 6.07) is 3.61. The summed E-state index contributed by atoms with van der Waals surface area (Å²) in [5, 5.41) is 18.6. The van der Waals surface area contributed by atoms with E-state index >= 15 is 0 Å². The number of aliphatic hydroxyl groups is 1. The monoisotopic (exact) mass is 317 g/mol. The standard InChI is InChI=1S/C12H13BrFNO3/c13-10-3-8(14)2-1-7(10)5-15-6-9(16)4-11(15)12(17)18/h1-3,9,11,16H,4-6H2,(H,17,18). The number of likely N-dealkylation sites (tertiary alicyclic amines) is 1. The predicted molar refractivity (Wildman–Crippen MR) is 66.6 cm³/mol. The van der Waals surface area contributed by atoms with Crippen LogP contribution < -0.4 is 0 Å². The van der Waals surface area contributed by atoms with Crippen molar-refractivity contribution in [1.29, 1.82) is 0 Å². The van der Waals surface area contributed by atoms with E-state index in [1.807, 2.05) is 0 Å². The van der Waals surface area contributed by atoms with Gasteiger partial charge in [-0.2, -0.15) is 0 Å². The summed E-state index contributed by atoms with van der Waals surface area (Å²) in [5.74, 6) is -1.29. The van der Waals surface area contributed by atoms with Crippen molar-refractivity contribution in [3.8, 4) is 0 Å². The lowest BCUT2D eigenvalue weighted by atomic mass is 10.1. The molecule has 0 aromatic heterocycles. The predicted octanol–water partition coefficient (Wildman–Crippen LogP) is 1.61. The van der Waals surface area contributed by atoms with Crippen molar-refractivity contribution in [2.75, 3.05) is 6.54 Å². The smallest absolute Gasteiger partial charge is 0.321 e. The van der Waals surface area contributed by atoms with Crippen molar-refractivity contribution in [3.05, 3.63) is 34.1 Å². The summed E-state index contributed by atoms with van der Waals surface area (Å²) in [4.78, 5) is 12.7. The molecule has 1 aliphatic rings. The maximum Gasteiger partial charge on any atom is 0.321 e. The Balaban J connectivity index is 2.15. The molecule has 1 fully saturated rings. The molecule has 1 saturated heterocycles. The molecule has 0 radical (unpaired) electrons. The Morgan fingerprint density at radius 2 is 2.28 bits per heavy atom. The molecule has 1 aromatic rings. The fourth-order valence-electron chi connectivity index (χ4n) is 2.18. The van der Waals surface area contributed by atoms with Gasteiger partial charge in [0.15, 0.2) is 0 Å². The zero-order valence-electron chi connectivity index (χ0n) is 9.51. The van der Waals surface area contributed by atoms with Crippen LogP contribution in [0, 0.1) is 5.82 Å². The second-order valence-corrected chi connectivity index (χ2v) is 5.26. The van der Waals surface area contributed by atoms with Crippen LogP contribution in [-0.2, 0) is 11.3 Å². The zero-order valence-corrected chi connectivity index (χ0v) is 11.1. The number of β-amino-alcohol motifs (C(OH)–C–C–N with tert-alkyl or cyclic N) is 1. The Morgan fingerprint density at radius 3 is 2.89 bits per heavy atom. The molecule has 2 N–H and O–H groups in total. The number of hydrogen-bond acceptors (Lipinski definition) is 3. The molecular weight excluding hydrogens is 305 g/mol. The minimum atomic E-state index is -0.940. The number of carboxylic acids is 1. The number of aliphatic carboxylic acids is 1. The summed E-state index contributed by atoms with van der Waals surface area (Å²) in [7, 11) is 0. The van der Waals surface area contributed by atoms with Crippen molar-refractivity contribution in [2.24, 2.45) is 0 Å². The van der Waals surface area contributed by atoms with Crippen LogP contribution in [-0.4, -0.2) is 39.8 Å². The molecule has 18 heavy (non-hydrogen) atoms. The molecule has 6 heteroatoms. The van der Waals surface area contributed by atoms with Gasteiger partial charge in [-0.05, 0) is 17.7 Å². The van der Waals surface area contributed by atoms with E-state index in [0.717, 1.165) is 5.56 Å². The normalized spacial score (nSPS) is 24.4. The Bertz CT molecular complexity index is 469. The molecule has 2 unspecified atom stereocenters. The van der Waals surface area contributed by atoms with E-state index in [4.69, 9.17) is 5.11 Å². The number of halogens is 2. The van der Waals surface area contributed by atoms with Crippen LogP contribution in [0.25, 0.3) is 0 Å². The first kappa shape index (κ1) is 13.5. The largest absolute Gasteiger partial charge is 0.480 e. The van der Waals surface area contributed by atoms with Gasteiger partial charge in [-0.3, -0.25) is 9.69 Å². The number of hydrogen-bond donors (Lipinski definition) is 2. The average Bonchev–Trinajstić information content (AvgIpc) is 2.64. The van der Waals surface area contributed by atoms with Gasteiger partial charge in [-0.15, -0.1) is 0 Å². The molecule has 1 aliphatic heterocycles. The van der Waals surface area contributed by atoms with Gasteiger partial charge in [-0.1, -0.05) is 22.0 Å². The number of nitrogens with zero attached hydrogens (tertiary/aromatic N) is 1. The summed E-state index contributed by atoms with van der Waals surface area (Å²) in [6.45, 7) is 0.690. The van der Waals surface area contributed by atoms with Crippen LogP contribution in [0.5, 0.6) is 0 Å². The fourth-order valence-corrected chi connectivity index (χ4v) is 2.66. The molecular formula is C12H13BrFNO3. The molecule has 2 rings (SSSR count). The highest BCUT2D eigenvalue weighted by Crippen LogP contribution is 2.25. The third-order valence-electron chi connectivity index (χ3n) is 3.05. The molecule has 4 nitrogen and oxygen atoms in total. The molecule has 1 heterocycles. The number of rotatable bonds is 3. The van der Waals surface area contributed by atoms with E-state index in [0.29, 0.717) is 17.6 Å². The minimum absolute atomic E-state index is 0.230. The molecule has 1 aromatic carbocycles. The topological polar surface area (TPSA) is 60.8 Å². The molecule has 0 saturated carbocycles. The van der Waals surface area contributed by atoms with Crippen LogP contribution in [0.15, 0.2) is 22.7 Å². The van der Waals surface area contributed by atoms with Gasteiger partial charge in [0, 0.05) is 24.0 Å². The quantitative estimate of drug-likeness (QED) is 0.889. The molecule has 0 spiro atoms. The van der Waals surface area contributed by atoms with Gasteiger partial charge in [-0.25, -0.2) is 4.39 Å². The summed E-state index contributed by atoms with van der Waals surface area (Å²) < 4.78 is 13.6. The lowest BCUT2D eigenvalue weighted by Gasteiger charge is -2.21. The minimum Gasteiger partial charge on any atom is -0.480 e. The van der Waals surface area contributed by atoms with Gasteiger partial charge < -0.3 is 10.2 Å². The van der Waals surface area contributed by atoms with Gasteiger partial charge in [0.25, 0.3) is 0 Å². The SMILES string of the molecule is O=C(O)C1CC(O)CN1Cc1ccc(F)cc1Br. The van der Waals surface area contributed by atoms with Crippen molar-refractivity contribution in [2.45, 2.75) is 25.1 Å². The highest BCUT2D eigenvalue weighted by molar-refractivity contribution is 9.10. The van der Waals surface area contributed by atoms with E-state index in [2.05, 4.69) is 15.9 Å². The molecule has 0 amide bonds. The number of carbonyl (C=O) groups is 1. The highest BCUT2D eigenvalue weighted by Gasteiger charge is 2.35. The van der Waals surface area contributed by atoms with Crippen LogP contribution >= 0.6 is 15.9 Å². The Kier molecular flexibility index (Phi) is 3.99. The van der Waals surface area contributed by atoms with Crippen molar-refractivity contribution in [1.82, 2.24) is 4.90 Å². The van der Waals surface area contributed by atoms with Crippen LogP contribution in [0.1, 0.15) is 12.0 Å². The number of benzene rings is 1. The van der Waals surface area contributed by atoms with E-state index in [9.17, 15) is 14.3 Å². The van der Waals surface area contributed by atoms with E-state index in [1.54, 1.807) is 11.0 Å². The van der Waals surface area contributed by atoms with E-state index in [1.165, 1.54) is 12.1 Å². The van der Waals surface area contributed by atoms with E-state index < -0.39 is 18.1 Å². The third kappa shape index (κ3) is 2.88.